The molecule has 0 bridgehead atoms. The van der Waals surface area contributed by atoms with Crippen molar-refractivity contribution in [2.45, 2.75) is 22.6 Å². The number of hydrogen-bond donors (Lipinski definition) is 1. The van der Waals surface area contributed by atoms with Gasteiger partial charge in [-0.05, 0) is 60.7 Å². The molecule has 2 saturated heterocycles. The zero-order valence-corrected chi connectivity index (χ0v) is 30.4. The number of carbonyl (C=O) groups excluding carboxylic acids is 5. The van der Waals surface area contributed by atoms with Crippen molar-refractivity contribution in [3.8, 4) is 17.2 Å². The minimum atomic E-state index is -1.96. The van der Waals surface area contributed by atoms with E-state index in [-0.39, 0.29) is 41.3 Å². The normalized spacial score (nSPS) is 28.5. The molecule has 1 N–H and O–H groups in total. The number of phenolic OH excluding ortho intramolecular Hbond substituents is 1. The van der Waals surface area contributed by atoms with E-state index in [0.717, 1.165) is 9.80 Å². The molecule has 1 saturated carbocycles. The number of imide groups is 2. The van der Waals surface area contributed by atoms with E-state index in [4.69, 9.17) is 32.7 Å². The van der Waals surface area contributed by atoms with Gasteiger partial charge in [-0.1, -0.05) is 70.1 Å². The molecule has 4 aliphatic rings. The van der Waals surface area contributed by atoms with Gasteiger partial charge in [-0.3, -0.25) is 33.8 Å². The van der Waals surface area contributed by atoms with Gasteiger partial charge in [0.25, 0.3) is 11.8 Å². The number of hydrogen-bond acceptors (Lipinski definition) is 8. The molecule has 3 aromatic rings. The molecule has 10 nitrogen and oxygen atoms in total. The van der Waals surface area contributed by atoms with Crippen molar-refractivity contribution in [3.63, 3.8) is 0 Å². The molecule has 0 unspecified atom stereocenters. The molecular formula is C38H31BrCl2N2O8. The maximum absolute atomic E-state index is 14.3. The SMILES string of the molecule is COc1cc(C=C[C@H]2C3=CC[C@@H]4C(=O)N(c5ccc(C(=O)c6ccccc6)cc5)C(=O)[C@@H]4[C@@H]3C[C@@]3(Cl)C(=O)N(CBr)C(=O)[C@@]23Cl)cc(OC)c1O. The summed E-state index contributed by atoms with van der Waals surface area (Å²) in [5.74, 6) is -5.64. The number of allylic oxidation sites excluding steroid dienone is 3. The number of alkyl halides is 3. The van der Waals surface area contributed by atoms with Gasteiger partial charge in [-0.25, -0.2) is 0 Å². The Morgan fingerprint density at radius 2 is 1.55 bits per heavy atom. The average molecular weight is 794 g/mol. The molecule has 7 rings (SSSR count). The number of ketones is 1. The summed E-state index contributed by atoms with van der Waals surface area (Å²) in [6.45, 7) is 0. The van der Waals surface area contributed by atoms with Crippen molar-refractivity contribution in [1.29, 1.82) is 0 Å². The van der Waals surface area contributed by atoms with E-state index in [0.29, 0.717) is 28.0 Å². The van der Waals surface area contributed by atoms with Crippen LogP contribution in [0.1, 0.15) is 34.3 Å². The van der Waals surface area contributed by atoms with Gasteiger partial charge < -0.3 is 14.6 Å². The summed E-state index contributed by atoms with van der Waals surface area (Å²) in [5, 5.41) is 10.4. The maximum Gasteiger partial charge on any atom is 0.254 e. The lowest BCUT2D eigenvalue weighted by atomic mass is 9.57. The van der Waals surface area contributed by atoms with Crippen LogP contribution in [0.5, 0.6) is 17.2 Å². The Balaban J connectivity index is 1.27. The smallest absolute Gasteiger partial charge is 0.254 e. The first-order valence-corrected chi connectivity index (χ1v) is 18.0. The van der Waals surface area contributed by atoms with Gasteiger partial charge >= 0.3 is 0 Å². The third-order valence-corrected chi connectivity index (χ3v) is 12.4. The third kappa shape index (κ3) is 5.15. The van der Waals surface area contributed by atoms with E-state index in [1.807, 2.05) is 12.1 Å². The van der Waals surface area contributed by atoms with Crippen LogP contribution in [0.4, 0.5) is 5.69 Å². The maximum atomic E-state index is 14.3. The van der Waals surface area contributed by atoms with Crippen molar-refractivity contribution in [2.24, 2.45) is 23.7 Å². The number of nitrogens with zero attached hydrogens (tertiary/aromatic N) is 2. The first kappa shape index (κ1) is 35.0. The van der Waals surface area contributed by atoms with Crippen LogP contribution >= 0.6 is 39.1 Å². The van der Waals surface area contributed by atoms with Gasteiger partial charge in [0.1, 0.15) is 0 Å². The first-order valence-electron chi connectivity index (χ1n) is 16.1. The molecule has 2 aliphatic heterocycles. The minimum Gasteiger partial charge on any atom is -0.502 e. The lowest BCUT2D eigenvalue weighted by Crippen LogP contribution is -2.60. The van der Waals surface area contributed by atoms with Crippen LogP contribution in [0.15, 0.2) is 84.5 Å². The number of halogens is 3. The van der Waals surface area contributed by atoms with Gasteiger partial charge in [0.2, 0.25) is 17.6 Å². The van der Waals surface area contributed by atoms with Crippen LogP contribution in [-0.2, 0) is 19.2 Å². The van der Waals surface area contributed by atoms with Crippen molar-refractivity contribution in [2.75, 3.05) is 24.6 Å². The Kier molecular flexibility index (Phi) is 8.88. The summed E-state index contributed by atoms with van der Waals surface area (Å²) >= 11 is 17.8. The Morgan fingerprint density at radius 3 is 2.16 bits per heavy atom. The van der Waals surface area contributed by atoms with Gasteiger partial charge in [-0.2, -0.15) is 0 Å². The second-order valence-corrected chi connectivity index (χ2v) is 14.7. The number of ether oxygens (including phenoxy) is 2. The number of amides is 4. The lowest BCUT2D eigenvalue weighted by Gasteiger charge is -2.49. The molecule has 6 atom stereocenters. The number of likely N-dealkylation sites (tertiary alicyclic amines) is 1. The molecule has 3 aromatic carbocycles. The highest BCUT2D eigenvalue weighted by molar-refractivity contribution is 9.09. The summed E-state index contributed by atoms with van der Waals surface area (Å²) in [4.78, 5) is 67.3. The van der Waals surface area contributed by atoms with E-state index in [9.17, 15) is 29.1 Å². The van der Waals surface area contributed by atoms with E-state index in [2.05, 4.69) is 15.9 Å². The highest BCUT2D eigenvalue weighted by atomic mass is 79.9. The quantitative estimate of drug-likeness (QED) is 0.0953. The number of fused-ring (bicyclic) bond motifs is 4. The van der Waals surface area contributed by atoms with Gasteiger partial charge in [0.15, 0.2) is 27.0 Å². The van der Waals surface area contributed by atoms with Gasteiger partial charge in [0.05, 0.1) is 37.2 Å². The molecule has 0 aromatic heterocycles. The molecule has 0 radical (unpaired) electrons. The summed E-state index contributed by atoms with van der Waals surface area (Å²) in [5.41, 5.74) is 2.25. The standard InChI is InChI=1S/C38H31BrCl2N2O8/c1-50-28-16-20(17-29(51-2)32(28)45)8-15-27-24-13-14-25-30(26(24)18-37(40)35(48)42(19-39)36(49)38(27,37)41)34(47)43(33(25)46)23-11-9-22(10-12-23)31(44)21-6-4-3-5-7-21/h3-13,15-17,25-27,30,45H,14,18-19H2,1-2H3/t25-,26+,27-,30-,37+,38-/m0/s1. The zero-order chi connectivity index (χ0) is 36.4. The number of methoxy groups -OCH3 is 2. The first-order chi connectivity index (χ1) is 24.4. The van der Waals surface area contributed by atoms with Crippen molar-refractivity contribution in [1.82, 2.24) is 4.90 Å². The van der Waals surface area contributed by atoms with Crippen LogP contribution < -0.4 is 14.4 Å². The largest absolute Gasteiger partial charge is 0.502 e. The fraction of sp³-hybridized carbons (Fsp3) is 0.289. The summed E-state index contributed by atoms with van der Waals surface area (Å²) < 4.78 is 10.6. The topological polar surface area (TPSA) is 131 Å². The molecule has 51 heavy (non-hydrogen) atoms. The second kappa shape index (κ2) is 13.0. The predicted molar refractivity (Wildman–Crippen MR) is 193 cm³/mol. The molecular weight excluding hydrogens is 763 g/mol. The highest BCUT2D eigenvalue weighted by Gasteiger charge is 2.75. The van der Waals surface area contributed by atoms with Gasteiger partial charge in [0, 0.05) is 17.0 Å². The Hall–Kier alpha value is -4.45. The fourth-order valence-corrected chi connectivity index (χ4v) is 9.37. The van der Waals surface area contributed by atoms with Crippen molar-refractivity contribution in [3.05, 3.63) is 101 Å². The number of rotatable bonds is 8. The Labute approximate surface area is 311 Å². The predicted octanol–water partition coefficient (Wildman–Crippen LogP) is 6.10. The summed E-state index contributed by atoms with van der Waals surface area (Å²) in [6, 6.07) is 18.2. The Morgan fingerprint density at radius 1 is 0.922 bits per heavy atom. The van der Waals surface area contributed by atoms with Crippen molar-refractivity contribution < 1.29 is 38.6 Å². The summed E-state index contributed by atoms with van der Waals surface area (Å²) in [7, 11) is 2.79. The highest BCUT2D eigenvalue weighted by Crippen LogP contribution is 2.63. The number of benzene rings is 3. The fourth-order valence-electron chi connectivity index (χ4n) is 7.99. The number of carbonyl (C=O) groups is 5. The van der Waals surface area contributed by atoms with Crippen LogP contribution in [0.3, 0.4) is 0 Å². The number of anilines is 1. The molecule has 13 heteroatoms. The lowest BCUT2D eigenvalue weighted by molar-refractivity contribution is -0.138. The monoisotopic (exact) mass is 792 g/mol. The van der Waals surface area contributed by atoms with Crippen LogP contribution in [0.25, 0.3) is 6.08 Å². The number of aromatic hydroxyl groups is 1. The molecule has 3 fully saturated rings. The zero-order valence-electron chi connectivity index (χ0n) is 27.3. The van der Waals surface area contributed by atoms with Crippen molar-refractivity contribution >= 4 is 80.3 Å². The molecule has 2 aliphatic carbocycles. The second-order valence-electron chi connectivity index (χ2n) is 12.9. The number of phenols is 1. The minimum absolute atomic E-state index is 0.139. The van der Waals surface area contributed by atoms with Crippen LogP contribution in [0, 0.1) is 23.7 Å². The van der Waals surface area contributed by atoms with E-state index >= 15 is 0 Å². The molecule has 262 valence electrons. The van der Waals surface area contributed by atoms with E-state index < -0.39 is 57.0 Å². The average Bonchev–Trinajstić information content (AvgIpc) is 3.48. The van der Waals surface area contributed by atoms with E-state index in [1.165, 1.54) is 14.2 Å². The Bertz CT molecular complexity index is 2030. The van der Waals surface area contributed by atoms with Crippen LogP contribution in [-0.4, -0.2) is 68.8 Å². The van der Waals surface area contributed by atoms with E-state index in [1.54, 1.807) is 72.8 Å². The third-order valence-electron chi connectivity index (χ3n) is 10.5. The molecule has 0 spiro atoms. The molecule has 2 heterocycles. The van der Waals surface area contributed by atoms with Crippen LogP contribution in [0.2, 0.25) is 0 Å². The molecule has 4 amide bonds. The van der Waals surface area contributed by atoms with Gasteiger partial charge in [-0.15, -0.1) is 23.2 Å². The summed E-state index contributed by atoms with van der Waals surface area (Å²) in [6.07, 6.45) is 5.21.